The Morgan fingerprint density at radius 2 is 2.35 bits per heavy atom. The van der Waals surface area contributed by atoms with Gasteiger partial charge in [-0.1, -0.05) is 19.3 Å². The Balaban J connectivity index is 2.99. The van der Waals surface area contributed by atoms with Crippen molar-refractivity contribution in [1.29, 1.82) is 0 Å². The molecular formula is C12H15N3O2. The normalized spacial score (nSPS) is 11.6. The van der Waals surface area contributed by atoms with E-state index >= 15 is 0 Å². The molecule has 0 bridgehead atoms. The van der Waals surface area contributed by atoms with Crippen LogP contribution in [0.3, 0.4) is 0 Å². The number of rotatable bonds is 5. The highest BCUT2D eigenvalue weighted by Gasteiger charge is 2.17. The van der Waals surface area contributed by atoms with E-state index in [4.69, 9.17) is 6.42 Å². The molecule has 1 N–H and O–H groups in total. The topological polar surface area (TPSA) is 68.1 Å². The molecule has 1 aromatic rings. The molecule has 5 nitrogen and oxygen atoms in total. The minimum atomic E-state index is -0.464. The van der Waals surface area contributed by atoms with Gasteiger partial charge in [0.2, 0.25) is 5.82 Å². The molecule has 17 heavy (non-hydrogen) atoms. The van der Waals surface area contributed by atoms with Crippen LogP contribution in [0.2, 0.25) is 0 Å². The predicted octanol–water partition coefficient (Wildman–Crippen LogP) is 2.51. The number of hydrogen-bond donors (Lipinski definition) is 1. The maximum Gasteiger partial charge on any atom is 0.311 e. The lowest BCUT2D eigenvalue weighted by atomic mass is 10.2. The second-order valence-corrected chi connectivity index (χ2v) is 3.73. The Morgan fingerprint density at radius 1 is 1.65 bits per heavy atom. The number of terminal acetylenes is 1. The molecule has 1 unspecified atom stereocenters. The summed E-state index contributed by atoms with van der Waals surface area (Å²) in [7, 11) is 0. The largest absolute Gasteiger partial charge is 0.351 e. The van der Waals surface area contributed by atoms with Crippen LogP contribution in [0.25, 0.3) is 0 Å². The van der Waals surface area contributed by atoms with E-state index < -0.39 is 4.92 Å². The summed E-state index contributed by atoms with van der Waals surface area (Å²) in [5.41, 5.74) is 0.664. The Morgan fingerprint density at radius 3 is 2.88 bits per heavy atom. The van der Waals surface area contributed by atoms with Crippen LogP contribution in [0.15, 0.2) is 12.1 Å². The summed E-state index contributed by atoms with van der Waals surface area (Å²) in [5, 5.41) is 13.8. The van der Waals surface area contributed by atoms with Crippen LogP contribution in [0.5, 0.6) is 0 Å². The maximum atomic E-state index is 10.8. The fourth-order valence-electron chi connectivity index (χ4n) is 1.45. The third-order valence-corrected chi connectivity index (χ3v) is 2.30. The van der Waals surface area contributed by atoms with Crippen molar-refractivity contribution in [1.82, 2.24) is 4.98 Å². The number of pyridine rings is 1. The van der Waals surface area contributed by atoms with Gasteiger partial charge in [0.05, 0.1) is 11.0 Å². The molecule has 0 aliphatic rings. The van der Waals surface area contributed by atoms with Crippen LogP contribution in [0.4, 0.5) is 11.5 Å². The summed E-state index contributed by atoms with van der Waals surface area (Å²) < 4.78 is 0. The molecule has 0 saturated heterocycles. The number of nitrogens with zero attached hydrogens (tertiary/aromatic N) is 2. The van der Waals surface area contributed by atoms with E-state index in [0.29, 0.717) is 5.69 Å². The van der Waals surface area contributed by atoms with Gasteiger partial charge in [0.1, 0.15) is 0 Å². The van der Waals surface area contributed by atoms with E-state index in [1.165, 1.54) is 6.07 Å². The smallest absolute Gasteiger partial charge is 0.311 e. The van der Waals surface area contributed by atoms with Crippen molar-refractivity contribution in [2.24, 2.45) is 0 Å². The Bertz CT molecular complexity index is 452. The van der Waals surface area contributed by atoms with Crippen LogP contribution in [-0.2, 0) is 0 Å². The predicted molar refractivity (Wildman–Crippen MR) is 66.8 cm³/mol. The van der Waals surface area contributed by atoms with Gasteiger partial charge >= 0.3 is 5.69 Å². The quantitative estimate of drug-likeness (QED) is 0.482. The second kappa shape index (κ2) is 5.85. The number of anilines is 1. The fourth-order valence-corrected chi connectivity index (χ4v) is 1.45. The molecule has 1 atom stereocenters. The van der Waals surface area contributed by atoms with E-state index in [1.807, 2.05) is 6.92 Å². The molecule has 0 aliphatic carbocycles. The van der Waals surface area contributed by atoms with Gasteiger partial charge in [-0.2, -0.15) is 0 Å². The summed E-state index contributed by atoms with van der Waals surface area (Å²) in [6.45, 7) is 3.78. The molecule has 0 spiro atoms. The number of nitro groups is 1. The molecule has 90 valence electrons. The van der Waals surface area contributed by atoms with Gasteiger partial charge in [-0.15, -0.1) is 6.42 Å². The molecule has 0 amide bonds. The van der Waals surface area contributed by atoms with Crippen molar-refractivity contribution < 1.29 is 4.92 Å². The van der Waals surface area contributed by atoms with E-state index in [9.17, 15) is 10.1 Å². The minimum Gasteiger partial charge on any atom is -0.351 e. The first-order valence-corrected chi connectivity index (χ1v) is 5.43. The molecular weight excluding hydrogens is 218 g/mol. The SMILES string of the molecule is C#CC(CCC)Nc1nc(C)ccc1[N+](=O)[O-]. The highest BCUT2D eigenvalue weighted by atomic mass is 16.6. The highest BCUT2D eigenvalue weighted by Crippen LogP contribution is 2.23. The Kier molecular flexibility index (Phi) is 4.46. The lowest BCUT2D eigenvalue weighted by molar-refractivity contribution is -0.384. The monoisotopic (exact) mass is 233 g/mol. The van der Waals surface area contributed by atoms with E-state index in [0.717, 1.165) is 12.8 Å². The molecule has 0 aromatic carbocycles. The fraction of sp³-hybridized carbons (Fsp3) is 0.417. The summed E-state index contributed by atoms with van der Waals surface area (Å²) in [6, 6.07) is 2.81. The molecule has 0 fully saturated rings. The van der Waals surface area contributed by atoms with Crippen molar-refractivity contribution in [2.75, 3.05) is 5.32 Å². The van der Waals surface area contributed by atoms with Crippen LogP contribution in [0.1, 0.15) is 25.5 Å². The minimum absolute atomic E-state index is 0.0491. The molecule has 0 saturated carbocycles. The van der Waals surface area contributed by atoms with Gasteiger partial charge < -0.3 is 5.32 Å². The molecule has 1 heterocycles. The Hall–Kier alpha value is -2.09. The van der Waals surface area contributed by atoms with Crippen molar-refractivity contribution in [3.63, 3.8) is 0 Å². The van der Waals surface area contributed by atoms with Gasteiger partial charge in [-0.25, -0.2) is 4.98 Å². The molecule has 0 radical (unpaired) electrons. The van der Waals surface area contributed by atoms with Crippen LogP contribution in [0, 0.1) is 29.4 Å². The third-order valence-electron chi connectivity index (χ3n) is 2.30. The maximum absolute atomic E-state index is 10.8. The third kappa shape index (κ3) is 3.45. The van der Waals surface area contributed by atoms with Gasteiger partial charge in [0.15, 0.2) is 0 Å². The van der Waals surface area contributed by atoms with E-state index in [2.05, 4.69) is 16.2 Å². The molecule has 5 heteroatoms. The van der Waals surface area contributed by atoms with Crippen LogP contribution >= 0.6 is 0 Å². The van der Waals surface area contributed by atoms with Gasteiger partial charge in [0, 0.05) is 11.8 Å². The van der Waals surface area contributed by atoms with E-state index in [1.54, 1.807) is 13.0 Å². The molecule has 1 aromatic heterocycles. The first kappa shape index (κ1) is 13.0. The van der Waals surface area contributed by atoms with Crippen LogP contribution in [-0.4, -0.2) is 15.9 Å². The Labute approximate surface area is 100 Å². The summed E-state index contributed by atoms with van der Waals surface area (Å²) in [5.74, 6) is 2.81. The lowest BCUT2D eigenvalue weighted by Crippen LogP contribution is -2.18. The van der Waals surface area contributed by atoms with Crippen molar-refractivity contribution >= 4 is 11.5 Å². The van der Waals surface area contributed by atoms with Crippen LogP contribution < -0.4 is 5.32 Å². The summed E-state index contributed by atoms with van der Waals surface area (Å²) >= 11 is 0. The first-order chi connectivity index (χ1) is 8.08. The number of hydrogen-bond acceptors (Lipinski definition) is 4. The average molecular weight is 233 g/mol. The zero-order chi connectivity index (χ0) is 12.8. The van der Waals surface area contributed by atoms with Gasteiger partial charge in [-0.05, 0) is 19.4 Å². The zero-order valence-corrected chi connectivity index (χ0v) is 9.93. The summed E-state index contributed by atoms with van der Waals surface area (Å²) in [6.07, 6.45) is 7.02. The standard InChI is InChI=1S/C12H15N3O2/c1-4-6-10(5-2)14-12-11(15(16)17)8-7-9(3)13-12/h2,7-8,10H,4,6H2,1,3H3,(H,13,14). The van der Waals surface area contributed by atoms with Crippen molar-refractivity contribution in [2.45, 2.75) is 32.7 Å². The molecule has 1 rings (SSSR count). The summed E-state index contributed by atoms with van der Waals surface area (Å²) in [4.78, 5) is 14.5. The number of nitrogens with one attached hydrogen (secondary N) is 1. The van der Waals surface area contributed by atoms with Crippen molar-refractivity contribution in [3.8, 4) is 12.3 Å². The average Bonchev–Trinajstić information content (AvgIpc) is 2.28. The highest BCUT2D eigenvalue weighted by molar-refractivity contribution is 5.57. The van der Waals surface area contributed by atoms with E-state index in [-0.39, 0.29) is 17.5 Å². The zero-order valence-electron chi connectivity index (χ0n) is 9.93. The van der Waals surface area contributed by atoms with Gasteiger partial charge in [0.25, 0.3) is 0 Å². The van der Waals surface area contributed by atoms with Gasteiger partial charge in [-0.3, -0.25) is 10.1 Å². The first-order valence-electron chi connectivity index (χ1n) is 5.43. The lowest BCUT2D eigenvalue weighted by Gasteiger charge is -2.12. The number of aromatic nitrogens is 1. The second-order valence-electron chi connectivity index (χ2n) is 3.73. The van der Waals surface area contributed by atoms with Crippen molar-refractivity contribution in [3.05, 3.63) is 27.9 Å². The number of aryl methyl sites for hydroxylation is 1. The molecule has 0 aliphatic heterocycles.